The highest BCUT2D eigenvalue weighted by Crippen LogP contribution is 2.35. The van der Waals surface area contributed by atoms with Crippen LogP contribution in [0.4, 0.5) is 13.6 Å². The number of hydrogen-bond acceptors (Lipinski definition) is 4. The number of hydrogen-bond donors (Lipinski definition) is 0. The fraction of sp³-hybridized carbons (Fsp3) is 0.464. The number of rotatable bonds is 6. The van der Waals surface area contributed by atoms with E-state index in [-0.39, 0.29) is 54.2 Å². The van der Waals surface area contributed by atoms with Crippen molar-refractivity contribution < 1.29 is 27.9 Å². The Hall–Kier alpha value is -3.20. The molecular formula is C28H32ClF2N3O4. The van der Waals surface area contributed by atoms with E-state index in [9.17, 15) is 23.2 Å². The normalized spacial score (nSPS) is 21.7. The Labute approximate surface area is 226 Å². The third kappa shape index (κ3) is 5.93. The van der Waals surface area contributed by atoms with Gasteiger partial charge < -0.3 is 19.4 Å². The van der Waals surface area contributed by atoms with Gasteiger partial charge >= 0.3 is 6.09 Å². The van der Waals surface area contributed by atoms with Crippen molar-refractivity contribution in [2.75, 3.05) is 26.2 Å². The molecule has 0 bridgehead atoms. The summed E-state index contributed by atoms with van der Waals surface area (Å²) in [5, 5.41) is -0.0139. The van der Waals surface area contributed by atoms with Gasteiger partial charge in [0.15, 0.2) is 0 Å². The third-order valence-electron chi connectivity index (χ3n) is 7.38. The Balaban J connectivity index is 1.59. The number of carbonyl (C=O) groups is 3. The fourth-order valence-electron chi connectivity index (χ4n) is 5.34. The van der Waals surface area contributed by atoms with Gasteiger partial charge in [0.2, 0.25) is 11.8 Å². The summed E-state index contributed by atoms with van der Waals surface area (Å²) in [6.45, 7) is 6.77. The van der Waals surface area contributed by atoms with Crippen LogP contribution in [0.5, 0.6) is 5.75 Å². The summed E-state index contributed by atoms with van der Waals surface area (Å²) in [5.74, 6) is -1.63. The largest absolute Gasteiger partial charge is 0.415 e. The summed E-state index contributed by atoms with van der Waals surface area (Å²) >= 11 is 5.91. The summed E-state index contributed by atoms with van der Waals surface area (Å²) < 4.78 is 33.2. The van der Waals surface area contributed by atoms with Gasteiger partial charge in [-0.15, -0.1) is 0 Å². The molecule has 3 atom stereocenters. The molecule has 2 fully saturated rings. The van der Waals surface area contributed by atoms with Crippen LogP contribution in [0.2, 0.25) is 5.02 Å². The number of ether oxygens (including phenoxy) is 1. The lowest BCUT2D eigenvalue weighted by molar-refractivity contribution is -0.143. The Bertz CT molecular complexity index is 1190. The van der Waals surface area contributed by atoms with Gasteiger partial charge in [-0.05, 0) is 69.2 Å². The van der Waals surface area contributed by atoms with E-state index < -0.39 is 29.7 Å². The second kappa shape index (κ2) is 11.7. The predicted molar refractivity (Wildman–Crippen MR) is 139 cm³/mol. The number of carbonyl (C=O) groups excluding carboxylic acids is 3. The van der Waals surface area contributed by atoms with Crippen LogP contribution >= 0.6 is 11.6 Å². The molecule has 0 aliphatic carbocycles. The highest BCUT2D eigenvalue weighted by atomic mass is 35.5. The van der Waals surface area contributed by atoms with E-state index in [0.29, 0.717) is 24.9 Å². The molecule has 0 aromatic heterocycles. The van der Waals surface area contributed by atoms with Gasteiger partial charge in [0.1, 0.15) is 17.4 Å². The highest BCUT2D eigenvalue weighted by molar-refractivity contribution is 6.30. The lowest BCUT2D eigenvalue weighted by Gasteiger charge is -2.36. The van der Waals surface area contributed by atoms with Crippen LogP contribution in [0.3, 0.4) is 0 Å². The van der Waals surface area contributed by atoms with Crippen molar-refractivity contribution >= 4 is 29.5 Å². The lowest BCUT2D eigenvalue weighted by Crippen LogP contribution is -2.50. The SMILES string of the molecule is CCN(C(=O)Oc1ccc(F)cc1)C1CN(C(=O)C2CCC(=O)N(C(C)C)C2)CC1c1ccc(Cl)c(F)c1. The smallest absolute Gasteiger partial charge is 0.410 e. The van der Waals surface area contributed by atoms with E-state index >= 15 is 0 Å². The molecule has 3 unspecified atom stereocenters. The monoisotopic (exact) mass is 547 g/mol. The quantitative estimate of drug-likeness (QED) is 0.506. The van der Waals surface area contributed by atoms with Crippen LogP contribution in [-0.4, -0.2) is 70.9 Å². The van der Waals surface area contributed by atoms with Crippen molar-refractivity contribution in [2.45, 2.75) is 51.6 Å². The van der Waals surface area contributed by atoms with Gasteiger partial charge in [-0.2, -0.15) is 0 Å². The zero-order chi connectivity index (χ0) is 27.6. The minimum Gasteiger partial charge on any atom is -0.410 e. The molecule has 10 heteroatoms. The molecule has 7 nitrogen and oxygen atoms in total. The number of likely N-dealkylation sites (tertiary alicyclic amines) is 2. The number of likely N-dealkylation sites (N-methyl/N-ethyl adjacent to an activating group) is 1. The van der Waals surface area contributed by atoms with E-state index in [1.807, 2.05) is 13.8 Å². The zero-order valence-corrected chi connectivity index (χ0v) is 22.5. The van der Waals surface area contributed by atoms with Gasteiger partial charge in [-0.25, -0.2) is 13.6 Å². The van der Waals surface area contributed by atoms with Crippen LogP contribution in [0.15, 0.2) is 42.5 Å². The molecule has 38 heavy (non-hydrogen) atoms. The molecular weight excluding hydrogens is 516 g/mol. The first-order valence-corrected chi connectivity index (χ1v) is 13.2. The Kier molecular flexibility index (Phi) is 8.55. The number of amides is 3. The Morgan fingerprint density at radius 3 is 2.45 bits per heavy atom. The van der Waals surface area contributed by atoms with Crippen LogP contribution in [0, 0.1) is 17.6 Å². The maximum absolute atomic E-state index is 14.4. The van der Waals surface area contributed by atoms with Gasteiger partial charge in [0, 0.05) is 44.6 Å². The van der Waals surface area contributed by atoms with Gasteiger partial charge in [-0.1, -0.05) is 17.7 Å². The van der Waals surface area contributed by atoms with Crippen molar-refractivity contribution in [1.82, 2.24) is 14.7 Å². The second-order valence-corrected chi connectivity index (χ2v) is 10.5. The summed E-state index contributed by atoms with van der Waals surface area (Å²) in [4.78, 5) is 44.1. The lowest BCUT2D eigenvalue weighted by atomic mass is 9.93. The second-order valence-electron chi connectivity index (χ2n) is 10.1. The average Bonchev–Trinajstić information content (AvgIpc) is 3.32. The average molecular weight is 548 g/mol. The molecule has 0 radical (unpaired) electrons. The van der Waals surface area contributed by atoms with Crippen LogP contribution < -0.4 is 4.74 Å². The maximum Gasteiger partial charge on any atom is 0.415 e. The summed E-state index contributed by atoms with van der Waals surface area (Å²) in [6.07, 6.45) is 0.127. The fourth-order valence-corrected chi connectivity index (χ4v) is 5.46. The topological polar surface area (TPSA) is 70.2 Å². The first-order chi connectivity index (χ1) is 18.1. The van der Waals surface area contributed by atoms with E-state index in [0.717, 1.165) is 0 Å². The maximum atomic E-state index is 14.4. The van der Waals surface area contributed by atoms with Gasteiger partial charge in [0.05, 0.1) is 17.0 Å². The van der Waals surface area contributed by atoms with E-state index in [1.54, 1.807) is 22.8 Å². The van der Waals surface area contributed by atoms with Crippen LogP contribution in [0.1, 0.15) is 45.1 Å². The molecule has 204 valence electrons. The first kappa shape index (κ1) is 27.8. The van der Waals surface area contributed by atoms with E-state index in [2.05, 4.69) is 0 Å². The predicted octanol–water partition coefficient (Wildman–Crippen LogP) is 5.08. The number of piperidine rings is 1. The minimum atomic E-state index is -0.646. The summed E-state index contributed by atoms with van der Waals surface area (Å²) in [5.41, 5.74) is 0.614. The molecule has 4 rings (SSSR count). The van der Waals surface area contributed by atoms with Crippen molar-refractivity contribution in [3.63, 3.8) is 0 Å². The number of nitrogens with zero attached hydrogens (tertiary/aromatic N) is 3. The van der Waals surface area contributed by atoms with Gasteiger partial charge in [-0.3, -0.25) is 9.59 Å². The van der Waals surface area contributed by atoms with Crippen molar-refractivity contribution in [2.24, 2.45) is 5.92 Å². The molecule has 2 aromatic rings. The number of benzene rings is 2. The first-order valence-electron chi connectivity index (χ1n) is 12.9. The molecule has 0 spiro atoms. The van der Waals surface area contributed by atoms with Crippen molar-refractivity contribution in [3.05, 3.63) is 64.7 Å². The van der Waals surface area contributed by atoms with E-state index in [4.69, 9.17) is 16.3 Å². The molecule has 0 N–H and O–H groups in total. The van der Waals surface area contributed by atoms with Crippen molar-refractivity contribution in [3.8, 4) is 5.75 Å². The summed E-state index contributed by atoms with van der Waals surface area (Å²) in [7, 11) is 0. The highest BCUT2D eigenvalue weighted by Gasteiger charge is 2.44. The Morgan fingerprint density at radius 1 is 1.11 bits per heavy atom. The zero-order valence-electron chi connectivity index (χ0n) is 21.7. The molecule has 3 amide bonds. The third-order valence-corrected chi connectivity index (χ3v) is 7.69. The van der Waals surface area contributed by atoms with Crippen LogP contribution in [-0.2, 0) is 9.59 Å². The molecule has 2 heterocycles. The summed E-state index contributed by atoms with van der Waals surface area (Å²) in [6, 6.07) is 9.13. The molecule has 2 aliphatic heterocycles. The van der Waals surface area contributed by atoms with Gasteiger partial charge in [0.25, 0.3) is 0 Å². The molecule has 0 saturated carbocycles. The molecule has 2 saturated heterocycles. The Morgan fingerprint density at radius 2 is 1.82 bits per heavy atom. The van der Waals surface area contributed by atoms with Crippen molar-refractivity contribution in [1.29, 1.82) is 0 Å². The van der Waals surface area contributed by atoms with Crippen LogP contribution in [0.25, 0.3) is 0 Å². The standard InChI is InChI=1S/C28H32ClF2N3O4/c1-4-33(28(37)38-21-9-7-20(30)8-10-21)25-16-32(15-22(25)18-5-11-23(29)24(31)13-18)27(36)19-6-12-26(35)34(14-19)17(2)3/h5,7-11,13,17,19,22,25H,4,6,12,14-16H2,1-3H3. The molecule has 2 aromatic carbocycles. The number of halogens is 3. The van der Waals surface area contributed by atoms with E-state index in [1.165, 1.54) is 41.3 Å². The minimum absolute atomic E-state index is 0.00830. The molecule has 2 aliphatic rings.